The van der Waals surface area contributed by atoms with Crippen LogP contribution in [0.25, 0.3) is 0 Å². The minimum atomic E-state index is -1.13. The number of H-pyrrole nitrogens is 1. The van der Waals surface area contributed by atoms with Crippen LogP contribution in [0.15, 0.2) is 29.3 Å². The van der Waals surface area contributed by atoms with Crippen LogP contribution in [0.3, 0.4) is 0 Å². The Morgan fingerprint density at radius 2 is 2.15 bits per heavy atom. The van der Waals surface area contributed by atoms with Crippen LogP contribution in [0.1, 0.15) is 15.9 Å². The highest BCUT2D eigenvalue weighted by Crippen LogP contribution is 2.28. The molecule has 0 unspecified atom stereocenters. The standard InChI is InChI=1S/C13H12N2O5/c1-7-3-4-9(8(5-7)13(17)18)20-12-10(19-2)11(16)14-6-15-12/h3-6H,1-2H3,(H,17,18)(H,14,15,16). The van der Waals surface area contributed by atoms with Gasteiger partial charge in [0.25, 0.3) is 11.4 Å². The number of ether oxygens (including phenoxy) is 2. The Bertz CT molecular complexity index is 708. The molecule has 0 saturated carbocycles. The Kier molecular flexibility index (Phi) is 3.69. The van der Waals surface area contributed by atoms with E-state index in [4.69, 9.17) is 14.6 Å². The van der Waals surface area contributed by atoms with Gasteiger partial charge in [-0.2, -0.15) is 0 Å². The lowest BCUT2D eigenvalue weighted by molar-refractivity contribution is 0.0694. The van der Waals surface area contributed by atoms with E-state index in [1.54, 1.807) is 13.0 Å². The van der Waals surface area contributed by atoms with Crippen LogP contribution in [-0.4, -0.2) is 28.2 Å². The molecule has 0 amide bonds. The van der Waals surface area contributed by atoms with Crippen molar-refractivity contribution in [2.45, 2.75) is 6.92 Å². The predicted octanol–water partition coefficient (Wildman–Crippen LogP) is 1.58. The molecule has 2 N–H and O–H groups in total. The van der Waals surface area contributed by atoms with E-state index in [1.807, 2.05) is 0 Å². The minimum absolute atomic E-state index is 0.0193. The first-order chi connectivity index (χ1) is 9.52. The maximum Gasteiger partial charge on any atom is 0.339 e. The van der Waals surface area contributed by atoms with E-state index in [-0.39, 0.29) is 22.9 Å². The number of aromatic carboxylic acids is 1. The fourth-order valence-corrected chi connectivity index (χ4v) is 1.63. The Morgan fingerprint density at radius 3 is 2.80 bits per heavy atom. The molecule has 0 aliphatic carbocycles. The number of hydrogen-bond donors (Lipinski definition) is 2. The highest BCUT2D eigenvalue weighted by molar-refractivity contribution is 5.91. The van der Waals surface area contributed by atoms with E-state index in [0.29, 0.717) is 0 Å². The molecular weight excluding hydrogens is 264 g/mol. The molecule has 0 radical (unpaired) electrons. The molecule has 20 heavy (non-hydrogen) atoms. The van der Waals surface area contributed by atoms with Gasteiger partial charge in [0.15, 0.2) is 0 Å². The Morgan fingerprint density at radius 1 is 1.40 bits per heavy atom. The summed E-state index contributed by atoms with van der Waals surface area (Å²) >= 11 is 0. The van der Waals surface area contributed by atoms with Gasteiger partial charge in [-0.15, -0.1) is 0 Å². The van der Waals surface area contributed by atoms with Crippen LogP contribution in [0.4, 0.5) is 0 Å². The first-order valence-electron chi connectivity index (χ1n) is 5.66. The van der Waals surface area contributed by atoms with Crippen molar-refractivity contribution in [2.24, 2.45) is 0 Å². The summed E-state index contributed by atoms with van der Waals surface area (Å²) in [7, 11) is 1.30. The summed E-state index contributed by atoms with van der Waals surface area (Å²) in [5.41, 5.74) is 0.246. The molecule has 0 aliphatic rings. The molecule has 1 heterocycles. The Labute approximate surface area is 113 Å². The van der Waals surface area contributed by atoms with E-state index >= 15 is 0 Å². The quantitative estimate of drug-likeness (QED) is 0.879. The Hall–Kier alpha value is -2.83. The van der Waals surface area contributed by atoms with Crippen molar-refractivity contribution in [3.05, 3.63) is 46.0 Å². The van der Waals surface area contributed by atoms with Crippen LogP contribution >= 0.6 is 0 Å². The number of carboxylic acid groups (broad SMARTS) is 1. The number of carboxylic acids is 1. The summed E-state index contributed by atoms with van der Waals surface area (Å²) < 4.78 is 10.3. The van der Waals surface area contributed by atoms with Gasteiger partial charge in [-0.05, 0) is 19.1 Å². The first-order valence-corrected chi connectivity index (χ1v) is 5.66. The van der Waals surface area contributed by atoms with Crippen LogP contribution in [0.2, 0.25) is 0 Å². The lowest BCUT2D eigenvalue weighted by Gasteiger charge is -2.10. The fraction of sp³-hybridized carbons (Fsp3) is 0.154. The summed E-state index contributed by atoms with van der Waals surface area (Å²) in [6.45, 7) is 1.77. The van der Waals surface area contributed by atoms with Crippen LogP contribution in [-0.2, 0) is 0 Å². The van der Waals surface area contributed by atoms with Crippen molar-refractivity contribution in [3.8, 4) is 17.4 Å². The monoisotopic (exact) mass is 276 g/mol. The number of rotatable bonds is 4. The number of nitrogens with zero attached hydrogens (tertiary/aromatic N) is 1. The van der Waals surface area contributed by atoms with Gasteiger partial charge in [-0.3, -0.25) is 4.79 Å². The Balaban J connectivity index is 2.48. The lowest BCUT2D eigenvalue weighted by Crippen LogP contribution is -2.11. The topological polar surface area (TPSA) is 102 Å². The maximum absolute atomic E-state index is 11.5. The molecule has 0 spiro atoms. The molecule has 7 heteroatoms. The number of aromatic nitrogens is 2. The number of hydrogen-bond acceptors (Lipinski definition) is 5. The summed E-state index contributed by atoms with van der Waals surface area (Å²) in [6, 6.07) is 4.67. The molecule has 0 aliphatic heterocycles. The molecule has 0 fully saturated rings. The number of aryl methyl sites for hydroxylation is 1. The van der Waals surface area contributed by atoms with Crippen molar-refractivity contribution >= 4 is 5.97 Å². The van der Waals surface area contributed by atoms with E-state index in [9.17, 15) is 9.59 Å². The minimum Gasteiger partial charge on any atom is -0.487 e. The molecule has 0 saturated heterocycles. The van der Waals surface area contributed by atoms with Crippen LogP contribution in [0.5, 0.6) is 17.4 Å². The second-order valence-corrected chi connectivity index (χ2v) is 3.98. The van der Waals surface area contributed by atoms with E-state index in [2.05, 4.69) is 9.97 Å². The third-order valence-corrected chi connectivity index (χ3v) is 2.55. The van der Waals surface area contributed by atoms with Crippen molar-refractivity contribution < 1.29 is 19.4 Å². The molecule has 1 aromatic heterocycles. The molecule has 1 aromatic carbocycles. The number of nitrogens with one attached hydrogen (secondary N) is 1. The normalized spacial score (nSPS) is 10.1. The average molecular weight is 276 g/mol. The molecule has 104 valence electrons. The van der Waals surface area contributed by atoms with Gasteiger partial charge in [0.2, 0.25) is 5.75 Å². The number of carbonyl (C=O) groups is 1. The van der Waals surface area contributed by atoms with E-state index in [1.165, 1.54) is 19.2 Å². The molecule has 7 nitrogen and oxygen atoms in total. The molecule has 2 rings (SSSR count). The SMILES string of the molecule is COc1c(Oc2ccc(C)cc2C(=O)O)nc[nH]c1=O. The zero-order valence-electron chi connectivity index (χ0n) is 10.8. The van der Waals surface area contributed by atoms with Gasteiger partial charge in [0.1, 0.15) is 11.3 Å². The average Bonchev–Trinajstić information content (AvgIpc) is 2.41. The summed E-state index contributed by atoms with van der Waals surface area (Å²) in [6.07, 6.45) is 1.15. The molecule has 0 atom stereocenters. The molecule has 2 aromatic rings. The van der Waals surface area contributed by atoms with Crippen molar-refractivity contribution in [3.63, 3.8) is 0 Å². The second kappa shape index (κ2) is 5.43. The smallest absolute Gasteiger partial charge is 0.339 e. The molecular formula is C13H12N2O5. The van der Waals surface area contributed by atoms with Crippen molar-refractivity contribution in [1.82, 2.24) is 9.97 Å². The first kappa shape index (κ1) is 13.6. The summed E-state index contributed by atoms with van der Waals surface area (Å²) in [4.78, 5) is 28.9. The van der Waals surface area contributed by atoms with Gasteiger partial charge in [-0.1, -0.05) is 11.6 Å². The lowest BCUT2D eigenvalue weighted by atomic mass is 10.1. The highest BCUT2D eigenvalue weighted by atomic mass is 16.5. The number of benzene rings is 1. The second-order valence-electron chi connectivity index (χ2n) is 3.98. The summed E-state index contributed by atoms with van der Waals surface area (Å²) in [5.74, 6) is -1.26. The fourth-order valence-electron chi connectivity index (χ4n) is 1.63. The highest BCUT2D eigenvalue weighted by Gasteiger charge is 2.16. The van der Waals surface area contributed by atoms with E-state index < -0.39 is 11.5 Å². The van der Waals surface area contributed by atoms with Crippen LogP contribution in [0, 0.1) is 6.92 Å². The number of methoxy groups -OCH3 is 1. The van der Waals surface area contributed by atoms with Crippen molar-refractivity contribution in [1.29, 1.82) is 0 Å². The van der Waals surface area contributed by atoms with Gasteiger partial charge >= 0.3 is 5.97 Å². The maximum atomic E-state index is 11.5. The van der Waals surface area contributed by atoms with Crippen LogP contribution < -0.4 is 15.0 Å². The van der Waals surface area contributed by atoms with Gasteiger partial charge in [-0.25, -0.2) is 9.78 Å². The van der Waals surface area contributed by atoms with Gasteiger partial charge in [0.05, 0.1) is 13.4 Å². The third-order valence-electron chi connectivity index (χ3n) is 2.55. The van der Waals surface area contributed by atoms with Gasteiger partial charge < -0.3 is 19.6 Å². The third kappa shape index (κ3) is 2.61. The largest absolute Gasteiger partial charge is 0.487 e. The zero-order chi connectivity index (χ0) is 14.7. The predicted molar refractivity (Wildman–Crippen MR) is 69.6 cm³/mol. The summed E-state index contributed by atoms with van der Waals surface area (Å²) in [5, 5.41) is 9.15. The molecule has 0 bridgehead atoms. The zero-order valence-corrected chi connectivity index (χ0v) is 10.8. The van der Waals surface area contributed by atoms with Gasteiger partial charge in [0, 0.05) is 0 Å². The number of aromatic amines is 1. The van der Waals surface area contributed by atoms with E-state index in [0.717, 1.165) is 11.9 Å². The van der Waals surface area contributed by atoms with Crippen molar-refractivity contribution in [2.75, 3.05) is 7.11 Å².